The molecule has 0 fully saturated rings. The average molecular weight is 289 g/mol. The summed E-state index contributed by atoms with van der Waals surface area (Å²) in [6.45, 7) is 0. The molecule has 1 rings (SSSR count). The number of rotatable bonds is 7. The molecule has 0 amide bonds. The third-order valence-corrected chi connectivity index (χ3v) is 3.80. The number of ketones is 1. The summed E-state index contributed by atoms with van der Waals surface area (Å²) in [4.78, 5) is 22.0. The van der Waals surface area contributed by atoms with Crippen molar-refractivity contribution in [3.63, 3.8) is 0 Å². The first-order valence-electron chi connectivity index (χ1n) is 5.34. The van der Waals surface area contributed by atoms with Crippen LogP contribution in [0.2, 0.25) is 5.02 Å². The fraction of sp³-hybridized carbons (Fsp3) is 0.333. The van der Waals surface area contributed by atoms with E-state index in [1.54, 1.807) is 24.3 Å². The number of carboxylic acid groups (broad SMARTS) is 1. The van der Waals surface area contributed by atoms with Gasteiger partial charge in [0.15, 0.2) is 5.78 Å². The molecule has 0 bridgehead atoms. The van der Waals surface area contributed by atoms with Gasteiger partial charge in [0.05, 0.1) is 5.75 Å². The Balaban J connectivity index is 2.42. The molecule has 0 aliphatic rings. The van der Waals surface area contributed by atoms with Crippen molar-refractivity contribution < 1.29 is 18.9 Å². The molecule has 0 spiro atoms. The van der Waals surface area contributed by atoms with Crippen LogP contribution in [0, 0.1) is 0 Å². The third kappa shape index (κ3) is 5.42. The largest absolute Gasteiger partial charge is 0.481 e. The Morgan fingerprint density at radius 1 is 1.22 bits per heavy atom. The van der Waals surface area contributed by atoms with Crippen LogP contribution in [-0.4, -0.2) is 32.6 Å². The van der Waals surface area contributed by atoms with Crippen LogP contribution in [0.5, 0.6) is 0 Å². The molecule has 0 saturated carbocycles. The molecule has 0 heterocycles. The summed E-state index contributed by atoms with van der Waals surface area (Å²) in [5.41, 5.74) is 0.464. The van der Waals surface area contributed by atoms with Crippen molar-refractivity contribution in [1.29, 1.82) is 0 Å². The standard InChI is InChI=1S/C12H13ClO4S/c13-10-5-3-9(4-6-10)11(14)8-18(17)7-1-2-12(15)16/h3-6H,1-2,7-8H2,(H,15,16). The molecule has 0 aromatic heterocycles. The molecule has 0 saturated heterocycles. The fourth-order valence-electron chi connectivity index (χ4n) is 1.32. The number of benzene rings is 1. The molecule has 4 nitrogen and oxygen atoms in total. The van der Waals surface area contributed by atoms with Gasteiger partial charge in [-0.3, -0.25) is 13.8 Å². The highest BCUT2D eigenvalue weighted by atomic mass is 35.5. The molecule has 0 aliphatic carbocycles. The molecule has 0 aliphatic heterocycles. The van der Waals surface area contributed by atoms with Crippen LogP contribution >= 0.6 is 11.6 Å². The minimum Gasteiger partial charge on any atom is -0.481 e. The van der Waals surface area contributed by atoms with Crippen molar-refractivity contribution in [3.8, 4) is 0 Å². The van der Waals surface area contributed by atoms with Crippen molar-refractivity contribution in [3.05, 3.63) is 34.9 Å². The predicted molar refractivity (Wildman–Crippen MR) is 70.5 cm³/mol. The number of hydrogen-bond donors (Lipinski definition) is 1. The molecular weight excluding hydrogens is 276 g/mol. The van der Waals surface area contributed by atoms with Gasteiger partial charge in [-0.2, -0.15) is 0 Å². The second-order valence-corrected chi connectivity index (χ2v) is 5.73. The normalized spacial score (nSPS) is 12.1. The molecular formula is C12H13ClO4S. The minimum atomic E-state index is -1.32. The highest BCUT2D eigenvalue weighted by Crippen LogP contribution is 2.10. The monoisotopic (exact) mass is 288 g/mol. The maximum atomic E-state index is 11.7. The summed E-state index contributed by atoms with van der Waals surface area (Å²) in [6.07, 6.45) is 0.288. The zero-order valence-electron chi connectivity index (χ0n) is 9.60. The summed E-state index contributed by atoms with van der Waals surface area (Å²) < 4.78 is 11.5. The van der Waals surface area contributed by atoms with Gasteiger partial charge in [-0.05, 0) is 30.7 Å². The maximum absolute atomic E-state index is 11.7. The fourth-order valence-corrected chi connectivity index (χ4v) is 2.52. The van der Waals surface area contributed by atoms with Crippen molar-refractivity contribution >= 4 is 34.2 Å². The van der Waals surface area contributed by atoms with Gasteiger partial charge in [-0.1, -0.05) is 11.6 Å². The van der Waals surface area contributed by atoms with Gasteiger partial charge in [-0.15, -0.1) is 0 Å². The summed E-state index contributed by atoms with van der Waals surface area (Å²) in [7, 11) is -1.32. The van der Waals surface area contributed by atoms with E-state index in [0.717, 1.165) is 0 Å². The summed E-state index contributed by atoms with van der Waals surface area (Å²) in [6, 6.07) is 6.36. The Hall–Kier alpha value is -1.20. The highest BCUT2D eigenvalue weighted by molar-refractivity contribution is 7.85. The number of carbonyl (C=O) groups is 2. The Bertz CT molecular complexity index is 456. The number of aliphatic carboxylic acids is 1. The molecule has 0 radical (unpaired) electrons. The zero-order valence-corrected chi connectivity index (χ0v) is 11.2. The molecule has 1 aromatic carbocycles. The van der Waals surface area contributed by atoms with Crippen LogP contribution in [0.4, 0.5) is 0 Å². The SMILES string of the molecule is O=C(O)CCCS(=O)CC(=O)c1ccc(Cl)cc1. The lowest BCUT2D eigenvalue weighted by atomic mass is 10.1. The lowest BCUT2D eigenvalue weighted by molar-refractivity contribution is -0.137. The van der Waals surface area contributed by atoms with E-state index < -0.39 is 16.8 Å². The van der Waals surface area contributed by atoms with Crippen LogP contribution in [-0.2, 0) is 15.6 Å². The highest BCUT2D eigenvalue weighted by Gasteiger charge is 2.11. The van der Waals surface area contributed by atoms with Gasteiger partial charge >= 0.3 is 5.97 Å². The van der Waals surface area contributed by atoms with E-state index in [0.29, 0.717) is 17.0 Å². The number of carbonyl (C=O) groups excluding carboxylic acids is 1. The minimum absolute atomic E-state index is 0.0269. The van der Waals surface area contributed by atoms with Crippen molar-refractivity contribution in [2.45, 2.75) is 12.8 Å². The second-order valence-electron chi connectivity index (χ2n) is 3.72. The van der Waals surface area contributed by atoms with E-state index >= 15 is 0 Å². The second kappa shape index (κ2) is 7.28. The van der Waals surface area contributed by atoms with E-state index in [-0.39, 0.29) is 23.7 Å². The molecule has 1 aromatic rings. The van der Waals surface area contributed by atoms with Gasteiger partial charge < -0.3 is 5.11 Å². The molecule has 1 N–H and O–H groups in total. The number of Topliss-reactive ketones (excluding diaryl/α,β-unsaturated/α-hetero) is 1. The maximum Gasteiger partial charge on any atom is 0.303 e. The quantitative estimate of drug-likeness (QED) is 0.780. The van der Waals surface area contributed by atoms with Crippen LogP contribution < -0.4 is 0 Å². The first-order chi connectivity index (χ1) is 8.49. The molecule has 1 unspecified atom stereocenters. The average Bonchev–Trinajstić information content (AvgIpc) is 2.29. The van der Waals surface area contributed by atoms with Crippen LogP contribution in [0.25, 0.3) is 0 Å². The Kier molecular flexibility index (Phi) is 6.01. The Morgan fingerprint density at radius 3 is 2.39 bits per heavy atom. The van der Waals surface area contributed by atoms with Gasteiger partial charge in [0.1, 0.15) is 0 Å². The van der Waals surface area contributed by atoms with E-state index in [9.17, 15) is 13.8 Å². The summed E-state index contributed by atoms with van der Waals surface area (Å²) in [5, 5.41) is 8.97. The van der Waals surface area contributed by atoms with Gasteiger partial charge in [-0.25, -0.2) is 0 Å². The first kappa shape index (κ1) is 14.9. The van der Waals surface area contributed by atoms with E-state index in [2.05, 4.69) is 0 Å². The van der Waals surface area contributed by atoms with Crippen LogP contribution in [0.15, 0.2) is 24.3 Å². The number of hydrogen-bond acceptors (Lipinski definition) is 3. The van der Waals surface area contributed by atoms with Gasteiger partial charge in [0.25, 0.3) is 0 Å². The summed E-state index contributed by atoms with van der Waals surface area (Å²) >= 11 is 5.69. The molecule has 1 atom stereocenters. The lowest BCUT2D eigenvalue weighted by Crippen LogP contribution is -2.13. The topological polar surface area (TPSA) is 71.4 Å². The van der Waals surface area contributed by atoms with Gasteiger partial charge in [0.2, 0.25) is 0 Å². The Labute approximate surface area is 112 Å². The lowest BCUT2D eigenvalue weighted by Gasteiger charge is -2.01. The predicted octanol–water partition coefficient (Wildman–Crippen LogP) is 2.14. The third-order valence-electron chi connectivity index (χ3n) is 2.22. The Morgan fingerprint density at radius 2 is 1.83 bits per heavy atom. The smallest absolute Gasteiger partial charge is 0.303 e. The van der Waals surface area contributed by atoms with Crippen molar-refractivity contribution in [1.82, 2.24) is 0 Å². The molecule has 98 valence electrons. The van der Waals surface area contributed by atoms with Crippen molar-refractivity contribution in [2.24, 2.45) is 0 Å². The number of halogens is 1. The van der Waals surface area contributed by atoms with Crippen LogP contribution in [0.1, 0.15) is 23.2 Å². The van der Waals surface area contributed by atoms with Crippen LogP contribution in [0.3, 0.4) is 0 Å². The first-order valence-corrected chi connectivity index (χ1v) is 7.21. The zero-order chi connectivity index (χ0) is 13.5. The summed E-state index contributed by atoms with van der Waals surface area (Å²) in [5.74, 6) is -0.997. The van der Waals surface area contributed by atoms with Gasteiger partial charge in [0, 0.05) is 33.6 Å². The van der Waals surface area contributed by atoms with Crippen molar-refractivity contribution in [2.75, 3.05) is 11.5 Å². The molecule has 18 heavy (non-hydrogen) atoms. The molecule has 6 heteroatoms. The number of carboxylic acids is 1. The van der Waals surface area contributed by atoms with E-state index in [1.807, 2.05) is 0 Å². The van der Waals surface area contributed by atoms with E-state index in [4.69, 9.17) is 16.7 Å². The van der Waals surface area contributed by atoms with E-state index in [1.165, 1.54) is 0 Å².